The molecule has 1 saturated heterocycles. The van der Waals surface area contributed by atoms with Crippen molar-refractivity contribution in [2.75, 3.05) is 24.6 Å². The van der Waals surface area contributed by atoms with Crippen molar-refractivity contribution >= 4 is 28.3 Å². The monoisotopic (exact) mass is 374 g/mol. The van der Waals surface area contributed by atoms with Crippen molar-refractivity contribution in [3.63, 3.8) is 0 Å². The second-order valence-electron chi connectivity index (χ2n) is 6.21. The molecule has 0 radical (unpaired) electrons. The molecule has 1 aromatic carbocycles. The van der Waals surface area contributed by atoms with E-state index in [0.717, 1.165) is 17.0 Å². The number of hydrogen-bond donors (Lipinski definition) is 1. The van der Waals surface area contributed by atoms with Gasteiger partial charge >= 0.3 is 0 Å². The number of anilines is 1. The molecule has 3 rings (SSSR count). The standard InChI is InChI=1S/C18H22N4O3S/c1-2-15-19-20-18(26-15)22-12-14(10-16(22)24)17(25)21(8-9-23)11-13-6-4-3-5-7-13/h3-7,14,23H,2,8-12H2,1H3. The first-order valence-electron chi connectivity index (χ1n) is 8.68. The average Bonchev–Trinajstić information content (AvgIpc) is 3.28. The van der Waals surface area contributed by atoms with Gasteiger partial charge in [-0.05, 0) is 12.0 Å². The minimum absolute atomic E-state index is 0.106. The number of aliphatic hydroxyl groups is 1. The van der Waals surface area contributed by atoms with Gasteiger partial charge in [0.25, 0.3) is 0 Å². The summed E-state index contributed by atoms with van der Waals surface area (Å²) in [6, 6.07) is 9.63. The van der Waals surface area contributed by atoms with Crippen molar-refractivity contribution in [3.05, 3.63) is 40.9 Å². The summed E-state index contributed by atoms with van der Waals surface area (Å²) in [6.07, 6.45) is 0.931. The lowest BCUT2D eigenvalue weighted by Gasteiger charge is -2.24. The largest absolute Gasteiger partial charge is 0.395 e. The van der Waals surface area contributed by atoms with Gasteiger partial charge < -0.3 is 10.0 Å². The summed E-state index contributed by atoms with van der Waals surface area (Å²) < 4.78 is 0. The summed E-state index contributed by atoms with van der Waals surface area (Å²) in [5.74, 6) is -0.642. The van der Waals surface area contributed by atoms with Crippen LogP contribution in [0.3, 0.4) is 0 Å². The highest BCUT2D eigenvalue weighted by atomic mass is 32.1. The van der Waals surface area contributed by atoms with Crippen molar-refractivity contribution in [1.82, 2.24) is 15.1 Å². The summed E-state index contributed by atoms with van der Waals surface area (Å²) in [4.78, 5) is 28.5. The van der Waals surface area contributed by atoms with E-state index in [1.807, 2.05) is 37.3 Å². The van der Waals surface area contributed by atoms with Crippen LogP contribution in [0.25, 0.3) is 0 Å². The number of nitrogens with zero attached hydrogens (tertiary/aromatic N) is 4. The molecule has 8 heteroatoms. The lowest BCUT2D eigenvalue weighted by molar-refractivity contribution is -0.136. The summed E-state index contributed by atoms with van der Waals surface area (Å²) in [5, 5.41) is 18.9. The Morgan fingerprint density at radius 1 is 1.35 bits per heavy atom. The van der Waals surface area contributed by atoms with Crippen LogP contribution >= 0.6 is 11.3 Å². The van der Waals surface area contributed by atoms with Crippen LogP contribution in [0.2, 0.25) is 0 Å². The van der Waals surface area contributed by atoms with Gasteiger partial charge in [-0.3, -0.25) is 14.5 Å². The van der Waals surface area contributed by atoms with Gasteiger partial charge in [-0.2, -0.15) is 0 Å². The summed E-state index contributed by atoms with van der Waals surface area (Å²) in [7, 11) is 0. The third-order valence-electron chi connectivity index (χ3n) is 4.36. The van der Waals surface area contributed by atoms with Gasteiger partial charge in [-0.25, -0.2) is 0 Å². The van der Waals surface area contributed by atoms with Gasteiger partial charge in [0, 0.05) is 26.1 Å². The third-order valence-corrected chi connectivity index (χ3v) is 5.45. The van der Waals surface area contributed by atoms with Crippen LogP contribution in [0.15, 0.2) is 30.3 Å². The van der Waals surface area contributed by atoms with Gasteiger partial charge in [0.1, 0.15) is 5.01 Å². The van der Waals surface area contributed by atoms with E-state index < -0.39 is 5.92 Å². The molecular weight excluding hydrogens is 352 g/mol. The molecule has 2 heterocycles. The maximum absolute atomic E-state index is 12.9. The number of hydrogen-bond acceptors (Lipinski definition) is 6. The van der Waals surface area contributed by atoms with Crippen molar-refractivity contribution in [1.29, 1.82) is 0 Å². The molecule has 1 aliphatic heterocycles. The Hall–Kier alpha value is -2.32. The van der Waals surface area contributed by atoms with Gasteiger partial charge in [-0.1, -0.05) is 48.6 Å². The van der Waals surface area contributed by atoms with Crippen molar-refractivity contribution in [2.45, 2.75) is 26.3 Å². The molecule has 1 aliphatic rings. The first-order valence-corrected chi connectivity index (χ1v) is 9.50. The van der Waals surface area contributed by atoms with Crippen LogP contribution in [0, 0.1) is 5.92 Å². The minimum Gasteiger partial charge on any atom is -0.395 e. The number of benzene rings is 1. The topological polar surface area (TPSA) is 86.6 Å². The van der Waals surface area contributed by atoms with Crippen LogP contribution in [0.5, 0.6) is 0 Å². The number of rotatable bonds is 7. The summed E-state index contributed by atoms with van der Waals surface area (Å²) >= 11 is 1.39. The lowest BCUT2D eigenvalue weighted by atomic mass is 10.1. The normalized spacial score (nSPS) is 16.9. The number of carbonyl (C=O) groups excluding carboxylic acids is 2. The van der Waals surface area contributed by atoms with Crippen molar-refractivity contribution in [2.24, 2.45) is 5.92 Å². The van der Waals surface area contributed by atoms with Crippen molar-refractivity contribution < 1.29 is 14.7 Å². The first kappa shape index (κ1) is 18.5. The lowest BCUT2D eigenvalue weighted by Crippen LogP contribution is -2.38. The van der Waals surface area contributed by atoms with Crippen LogP contribution < -0.4 is 4.90 Å². The predicted molar refractivity (Wildman–Crippen MR) is 98.7 cm³/mol. The fourth-order valence-corrected chi connectivity index (χ4v) is 3.81. The number of aromatic nitrogens is 2. The Kier molecular flexibility index (Phi) is 5.95. The molecule has 0 bridgehead atoms. The Morgan fingerprint density at radius 3 is 2.77 bits per heavy atom. The quantitative estimate of drug-likeness (QED) is 0.793. The molecule has 2 aromatic rings. The SMILES string of the molecule is CCc1nnc(N2CC(C(=O)N(CCO)Cc3ccccc3)CC2=O)s1. The molecule has 1 unspecified atom stereocenters. The van der Waals surface area contributed by atoms with E-state index in [1.165, 1.54) is 11.3 Å². The van der Waals surface area contributed by atoms with E-state index in [1.54, 1.807) is 9.80 Å². The van der Waals surface area contributed by atoms with Gasteiger partial charge in [-0.15, -0.1) is 10.2 Å². The average molecular weight is 374 g/mol. The predicted octanol–water partition coefficient (Wildman–Crippen LogP) is 1.47. The van der Waals surface area contributed by atoms with E-state index >= 15 is 0 Å². The van der Waals surface area contributed by atoms with Crippen molar-refractivity contribution in [3.8, 4) is 0 Å². The number of aryl methyl sites for hydroxylation is 1. The molecule has 2 amide bonds. The van der Waals surface area contributed by atoms with Gasteiger partial charge in [0.05, 0.1) is 12.5 Å². The van der Waals surface area contributed by atoms with Crippen LogP contribution in [-0.4, -0.2) is 51.7 Å². The molecule has 7 nitrogen and oxygen atoms in total. The molecular formula is C18H22N4O3S. The molecule has 0 spiro atoms. The number of carbonyl (C=O) groups is 2. The smallest absolute Gasteiger partial charge is 0.229 e. The molecule has 1 aromatic heterocycles. The number of aliphatic hydroxyl groups excluding tert-OH is 1. The molecule has 0 saturated carbocycles. The highest BCUT2D eigenvalue weighted by molar-refractivity contribution is 7.15. The van der Waals surface area contributed by atoms with Crippen LogP contribution in [0.1, 0.15) is 23.9 Å². The Bertz CT molecular complexity index is 765. The van der Waals surface area contributed by atoms with E-state index in [2.05, 4.69) is 10.2 Å². The zero-order valence-corrected chi connectivity index (χ0v) is 15.5. The van der Waals surface area contributed by atoms with E-state index in [4.69, 9.17) is 0 Å². The van der Waals surface area contributed by atoms with Gasteiger partial charge in [0.15, 0.2) is 0 Å². The fraction of sp³-hybridized carbons (Fsp3) is 0.444. The second kappa shape index (κ2) is 8.37. The fourth-order valence-electron chi connectivity index (χ4n) is 3.00. The summed E-state index contributed by atoms with van der Waals surface area (Å²) in [5.41, 5.74) is 0.993. The second-order valence-corrected chi connectivity index (χ2v) is 7.25. The molecule has 1 fully saturated rings. The maximum atomic E-state index is 12.9. The zero-order valence-electron chi connectivity index (χ0n) is 14.7. The Morgan fingerprint density at radius 2 is 2.12 bits per heavy atom. The molecule has 1 atom stereocenters. The Labute approximate surface area is 156 Å². The van der Waals surface area contributed by atoms with Crippen LogP contribution in [0.4, 0.5) is 5.13 Å². The van der Waals surface area contributed by atoms with Crippen LogP contribution in [-0.2, 0) is 22.6 Å². The maximum Gasteiger partial charge on any atom is 0.229 e. The molecule has 26 heavy (non-hydrogen) atoms. The zero-order chi connectivity index (χ0) is 18.5. The third kappa shape index (κ3) is 4.08. The highest BCUT2D eigenvalue weighted by Crippen LogP contribution is 2.29. The molecule has 138 valence electrons. The first-order chi connectivity index (χ1) is 12.6. The van der Waals surface area contributed by atoms with Gasteiger partial charge in [0.2, 0.25) is 16.9 Å². The van der Waals surface area contributed by atoms with E-state index in [0.29, 0.717) is 18.2 Å². The minimum atomic E-state index is -0.424. The van der Waals surface area contributed by atoms with E-state index in [9.17, 15) is 14.7 Å². The highest BCUT2D eigenvalue weighted by Gasteiger charge is 2.38. The Balaban J connectivity index is 1.70. The number of amides is 2. The van der Waals surface area contributed by atoms with E-state index in [-0.39, 0.29) is 31.4 Å². The molecule has 0 aliphatic carbocycles. The summed E-state index contributed by atoms with van der Waals surface area (Å²) in [6.45, 7) is 2.85. The molecule has 1 N–H and O–H groups in total.